The summed E-state index contributed by atoms with van der Waals surface area (Å²) in [7, 11) is 0. The van der Waals surface area contributed by atoms with Crippen molar-refractivity contribution >= 4 is 38.3 Å². The van der Waals surface area contributed by atoms with Crippen molar-refractivity contribution in [3.8, 4) is 0 Å². The molecule has 0 amide bonds. The molecular formula is C18H17BrN4O2. The molecule has 4 rings (SSSR count). The minimum absolute atomic E-state index is 0.150. The highest BCUT2D eigenvalue weighted by molar-refractivity contribution is 9.10. The molecule has 1 fully saturated rings. The molecular weight excluding hydrogens is 384 g/mol. The molecule has 1 N–H and O–H groups in total. The van der Waals surface area contributed by atoms with E-state index in [1.54, 1.807) is 6.07 Å². The summed E-state index contributed by atoms with van der Waals surface area (Å²) in [4.78, 5) is 21.2. The lowest BCUT2D eigenvalue weighted by Gasteiger charge is -2.32. The molecule has 1 aromatic heterocycles. The standard InChI is InChI=1S/C18H17BrN4O2/c19-13-5-6-16(17(11-13)23(24)25)22-9-7-12(8-10-22)18-20-14-3-1-2-4-15(14)21-18/h1-6,11-12H,7-10H2,(H,20,21). The zero-order valence-electron chi connectivity index (χ0n) is 13.5. The molecule has 128 valence electrons. The molecule has 7 heteroatoms. The number of fused-ring (bicyclic) bond motifs is 1. The van der Waals surface area contributed by atoms with E-state index >= 15 is 0 Å². The van der Waals surface area contributed by atoms with Gasteiger partial charge in [-0.15, -0.1) is 0 Å². The van der Waals surface area contributed by atoms with Crippen LogP contribution in [0.4, 0.5) is 11.4 Å². The SMILES string of the molecule is O=[N+]([O-])c1cc(Br)ccc1N1CCC(c2nc3ccccc3[nH]2)CC1. The van der Waals surface area contributed by atoms with Crippen molar-refractivity contribution in [3.63, 3.8) is 0 Å². The van der Waals surface area contributed by atoms with Gasteiger partial charge in [0.1, 0.15) is 11.5 Å². The predicted molar refractivity (Wildman–Crippen MR) is 101 cm³/mol. The van der Waals surface area contributed by atoms with E-state index in [9.17, 15) is 10.1 Å². The second kappa shape index (κ2) is 6.48. The van der Waals surface area contributed by atoms with Gasteiger partial charge in [0.15, 0.2) is 0 Å². The van der Waals surface area contributed by atoms with Crippen LogP contribution in [-0.4, -0.2) is 28.0 Å². The summed E-state index contributed by atoms with van der Waals surface area (Å²) < 4.78 is 0.722. The molecule has 0 radical (unpaired) electrons. The summed E-state index contributed by atoms with van der Waals surface area (Å²) >= 11 is 3.31. The van der Waals surface area contributed by atoms with E-state index in [1.165, 1.54) is 0 Å². The maximum atomic E-state index is 11.3. The average Bonchev–Trinajstić information content (AvgIpc) is 3.06. The van der Waals surface area contributed by atoms with Crippen molar-refractivity contribution in [3.05, 3.63) is 62.9 Å². The van der Waals surface area contributed by atoms with Gasteiger partial charge in [-0.25, -0.2) is 4.98 Å². The normalized spacial score (nSPS) is 15.6. The molecule has 2 heterocycles. The van der Waals surface area contributed by atoms with Crippen LogP contribution in [0, 0.1) is 10.1 Å². The lowest BCUT2D eigenvalue weighted by Crippen LogP contribution is -2.33. The number of piperidine rings is 1. The number of anilines is 1. The van der Waals surface area contributed by atoms with Gasteiger partial charge in [0.25, 0.3) is 5.69 Å². The summed E-state index contributed by atoms with van der Waals surface area (Å²) in [5.41, 5.74) is 2.89. The number of benzene rings is 2. The highest BCUT2D eigenvalue weighted by atomic mass is 79.9. The van der Waals surface area contributed by atoms with Crippen molar-refractivity contribution < 1.29 is 4.92 Å². The largest absolute Gasteiger partial charge is 0.366 e. The second-order valence-electron chi connectivity index (χ2n) is 6.29. The van der Waals surface area contributed by atoms with Gasteiger partial charge < -0.3 is 9.88 Å². The van der Waals surface area contributed by atoms with E-state index in [0.717, 1.165) is 47.3 Å². The Bertz CT molecular complexity index is 899. The number of imidazole rings is 1. The van der Waals surface area contributed by atoms with E-state index in [-0.39, 0.29) is 10.6 Å². The minimum atomic E-state index is -0.314. The molecule has 0 atom stereocenters. The zero-order valence-corrected chi connectivity index (χ0v) is 15.1. The molecule has 25 heavy (non-hydrogen) atoms. The first-order valence-corrected chi connectivity index (χ1v) is 9.04. The molecule has 1 saturated heterocycles. The van der Waals surface area contributed by atoms with Gasteiger partial charge in [0.05, 0.1) is 16.0 Å². The summed E-state index contributed by atoms with van der Waals surface area (Å²) in [6, 6.07) is 13.3. The highest BCUT2D eigenvalue weighted by Crippen LogP contribution is 2.35. The van der Waals surface area contributed by atoms with Crippen molar-refractivity contribution in [2.45, 2.75) is 18.8 Å². The lowest BCUT2D eigenvalue weighted by atomic mass is 9.95. The summed E-state index contributed by atoms with van der Waals surface area (Å²) in [6.07, 6.45) is 1.85. The van der Waals surface area contributed by atoms with Crippen LogP contribution in [0.1, 0.15) is 24.6 Å². The Balaban J connectivity index is 1.53. The number of nitrogens with one attached hydrogen (secondary N) is 1. The van der Waals surface area contributed by atoms with Crippen molar-refractivity contribution in [1.82, 2.24) is 9.97 Å². The first kappa shape index (κ1) is 16.1. The fourth-order valence-corrected chi connectivity index (χ4v) is 3.82. The third-order valence-electron chi connectivity index (χ3n) is 4.76. The number of nitro groups is 1. The van der Waals surface area contributed by atoms with Crippen molar-refractivity contribution in [2.75, 3.05) is 18.0 Å². The molecule has 0 bridgehead atoms. The van der Waals surface area contributed by atoms with E-state index < -0.39 is 0 Å². The number of H-pyrrole nitrogens is 1. The molecule has 2 aromatic carbocycles. The molecule has 3 aromatic rings. The minimum Gasteiger partial charge on any atom is -0.366 e. The average molecular weight is 401 g/mol. The van der Waals surface area contributed by atoms with Gasteiger partial charge >= 0.3 is 0 Å². The van der Waals surface area contributed by atoms with Crippen LogP contribution in [0.2, 0.25) is 0 Å². The lowest BCUT2D eigenvalue weighted by molar-refractivity contribution is -0.384. The number of nitro benzene ring substituents is 1. The number of nitrogens with zero attached hydrogens (tertiary/aromatic N) is 3. The maximum Gasteiger partial charge on any atom is 0.293 e. The van der Waals surface area contributed by atoms with Crippen molar-refractivity contribution in [1.29, 1.82) is 0 Å². The van der Waals surface area contributed by atoms with E-state index in [2.05, 4.69) is 25.8 Å². The van der Waals surface area contributed by atoms with Gasteiger partial charge in [-0.1, -0.05) is 28.1 Å². The van der Waals surface area contributed by atoms with Crippen LogP contribution < -0.4 is 4.90 Å². The number of rotatable bonds is 3. The van der Waals surface area contributed by atoms with E-state index in [4.69, 9.17) is 4.98 Å². The predicted octanol–water partition coefficient (Wildman–Crippen LogP) is 4.62. The Labute approximate surface area is 153 Å². The number of hydrogen-bond acceptors (Lipinski definition) is 4. The third-order valence-corrected chi connectivity index (χ3v) is 5.26. The van der Waals surface area contributed by atoms with Crippen LogP contribution in [0.5, 0.6) is 0 Å². The second-order valence-corrected chi connectivity index (χ2v) is 7.21. The number of aromatic amines is 1. The monoisotopic (exact) mass is 400 g/mol. The van der Waals surface area contributed by atoms with Crippen LogP contribution in [-0.2, 0) is 0 Å². The van der Waals surface area contributed by atoms with Crippen LogP contribution in [0.25, 0.3) is 11.0 Å². The smallest absolute Gasteiger partial charge is 0.293 e. The summed E-state index contributed by atoms with van der Waals surface area (Å²) in [6.45, 7) is 1.56. The Kier molecular flexibility index (Phi) is 4.17. The molecule has 1 aliphatic rings. The van der Waals surface area contributed by atoms with Gasteiger partial charge in [0, 0.05) is 29.5 Å². The Morgan fingerprint density at radius 1 is 1.20 bits per heavy atom. The summed E-state index contributed by atoms with van der Waals surface area (Å²) in [5, 5.41) is 11.3. The number of aromatic nitrogens is 2. The van der Waals surface area contributed by atoms with Crippen LogP contribution in [0.15, 0.2) is 46.9 Å². The van der Waals surface area contributed by atoms with Crippen LogP contribution in [0.3, 0.4) is 0 Å². The number of hydrogen-bond donors (Lipinski definition) is 1. The summed E-state index contributed by atoms with van der Waals surface area (Å²) in [5.74, 6) is 1.38. The first-order valence-electron chi connectivity index (χ1n) is 8.25. The molecule has 6 nitrogen and oxygen atoms in total. The fourth-order valence-electron chi connectivity index (χ4n) is 3.47. The number of para-hydroxylation sites is 2. The van der Waals surface area contributed by atoms with Gasteiger partial charge in [-0.05, 0) is 37.1 Å². The van der Waals surface area contributed by atoms with Gasteiger partial charge in [-0.3, -0.25) is 10.1 Å². The number of halogens is 1. The molecule has 1 aliphatic heterocycles. The Morgan fingerprint density at radius 2 is 1.96 bits per heavy atom. The Morgan fingerprint density at radius 3 is 2.68 bits per heavy atom. The maximum absolute atomic E-state index is 11.3. The fraction of sp³-hybridized carbons (Fsp3) is 0.278. The first-order chi connectivity index (χ1) is 12.1. The van der Waals surface area contributed by atoms with Gasteiger partial charge in [0.2, 0.25) is 0 Å². The molecule has 0 aliphatic carbocycles. The zero-order chi connectivity index (χ0) is 17.4. The van der Waals surface area contributed by atoms with Gasteiger partial charge in [-0.2, -0.15) is 0 Å². The highest BCUT2D eigenvalue weighted by Gasteiger charge is 2.27. The third kappa shape index (κ3) is 3.11. The van der Waals surface area contributed by atoms with Crippen molar-refractivity contribution in [2.24, 2.45) is 0 Å². The molecule has 0 unspecified atom stereocenters. The Hall–Kier alpha value is -2.41. The molecule has 0 saturated carbocycles. The van der Waals surface area contributed by atoms with E-state index in [0.29, 0.717) is 11.6 Å². The topological polar surface area (TPSA) is 75.1 Å². The quantitative estimate of drug-likeness (QED) is 0.514. The molecule has 0 spiro atoms. The van der Waals surface area contributed by atoms with E-state index in [1.807, 2.05) is 36.4 Å². The van der Waals surface area contributed by atoms with Crippen LogP contribution >= 0.6 is 15.9 Å².